The fraction of sp³-hybridized carbons (Fsp3) is 0.829. The van der Waals surface area contributed by atoms with E-state index in [1.54, 1.807) is 30.6 Å². The zero-order chi connectivity index (χ0) is 62.4. The first-order chi connectivity index (χ1) is 42.3. The van der Waals surface area contributed by atoms with Crippen LogP contribution in [0.1, 0.15) is 361 Å². The lowest BCUT2D eigenvalue weighted by Crippen LogP contribution is -2.71. The number of fused-ring (bicyclic) bond motifs is 4. The summed E-state index contributed by atoms with van der Waals surface area (Å²) in [7, 11) is 0. The van der Waals surface area contributed by atoms with Crippen molar-refractivity contribution in [3.8, 4) is 17.1 Å². The van der Waals surface area contributed by atoms with Gasteiger partial charge in [0, 0.05) is 54.6 Å². The lowest BCUT2D eigenvalue weighted by molar-refractivity contribution is -0.271. The van der Waals surface area contributed by atoms with Gasteiger partial charge < -0.3 is 28.5 Å². The Labute approximate surface area is 529 Å². The highest BCUT2D eigenvalue weighted by Crippen LogP contribution is 2.67. The standard InChI is InChI=1S/C76H127NO10/c1-7-10-13-16-19-22-25-28-31-34-37-40-43-46-51-67(78)83-60-75(5)64-58-66(86-69(80)53-48-45-42-39-36-33-30-27-24-21-18-15-12-9-3)76(6)72(71(81)70-63(87-76)57-62(84-73(70)82)61-50-49-56-77-59-61)74(64,4)55-54-65(75)85-68(79)52-47-44-41-38-35-32-29-26-23-20-17-14-11-8-2/h49-50,56-57,59,64-66,71-72,81H,7-48,51-55,58,60H2,1-6H3/t64?,65-,66-,71-,72?,74-,75-,76+/m0/s1. The van der Waals surface area contributed by atoms with Crippen molar-refractivity contribution < 1.29 is 42.9 Å². The highest BCUT2D eigenvalue weighted by molar-refractivity contribution is 5.71. The Balaban J connectivity index is 1.27. The molecule has 5 rings (SSSR count). The molecule has 2 unspecified atom stereocenters. The van der Waals surface area contributed by atoms with Gasteiger partial charge in [-0.15, -0.1) is 0 Å². The number of ether oxygens (including phenoxy) is 4. The molecule has 11 nitrogen and oxygen atoms in total. The predicted octanol–water partition coefficient (Wildman–Crippen LogP) is 21.3. The molecule has 0 saturated heterocycles. The molecule has 2 fully saturated rings. The van der Waals surface area contributed by atoms with E-state index < -0.39 is 52.2 Å². The number of hydrogen-bond donors (Lipinski definition) is 1. The van der Waals surface area contributed by atoms with Crippen molar-refractivity contribution in [2.24, 2.45) is 22.7 Å². The minimum atomic E-state index is -1.36. The Morgan fingerprint density at radius 1 is 0.552 bits per heavy atom. The van der Waals surface area contributed by atoms with Gasteiger partial charge in [-0.05, 0) is 68.9 Å². The molecule has 496 valence electrons. The molecule has 0 aromatic carbocycles. The Morgan fingerprint density at radius 3 is 1.34 bits per heavy atom. The first-order valence-corrected chi connectivity index (χ1v) is 36.8. The quantitative estimate of drug-likeness (QED) is 0.0383. The molecule has 3 aliphatic rings. The van der Waals surface area contributed by atoms with Gasteiger partial charge in [0.2, 0.25) is 0 Å². The van der Waals surface area contributed by atoms with Crippen LogP contribution in [0.15, 0.2) is 39.8 Å². The van der Waals surface area contributed by atoms with Gasteiger partial charge in [-0.2, -0.15) is 0 Å². The second-order valence-corrected chi connectivity index (χ2v) is 28.1. The van der Waals surface area contributed by atoms with E-state index in [1.807, 2.05) is 6.92 Å². The van der Waals surface area contributed by atoms with E-state index >= 15 is 0 Å². The van der Waals surface area contributed by atoms with E-state index in [9.17, 15) is 24.3 Å². The van der Waals surface area contributed by atoms with Crippen LogP contribution in [0.25, 0.3) is 11.3 Å². The fourth-order valence-electron chi connectivity index (χ4n) is 15.5. The number of carbonyl (C=O) groups excluding carboxylic acids is 3. The maximum Gasteiger partial charge on any atom is 0.345 e. The molecule has 0 amide bonds. The van der Waals surface area contributed by atoms with Crippen LogP contribution in [0.4, 0.5) is 0 Å². The van der Waals surface area contributed by atoms with Gasteiger partial charge in [-0.3, -0.25) is 19.4 Å². The average Bonchev–Trinajstić information content (AvgIpc) is 0.692. The Bertz CT molecular complexity index is 2230. The molecular formula is C76H127NO10. The number of esters is 3. The van der Waals surface area contributed by atoms with Crippen molar-refractivity contribution in [2.45, 2.75) is 374 Å². The number of aromatic nitrogens is 1. The van der Waals surface area contributed by atoms with Crippen LogP contribution in [0, 0.1) is 22.7 Å². The smallest absolute Gasteiger partial charge is 0.345 e. The average molecular weight is 1210 g/mol. The predicted molar refractivity (Wildman–Crippen MR) is 355 cm³/mol. The number of aliphatic hydroxyl groups excluding tert-OH is 1. The first kappa shape index (κ1) is 74.0. The van der Waals surface area contributed by atoms with E-state index in [1.165, 1.54) is 205 Å². The molecule has 87 heavy (non-hydrogen) atoms. The lowest BCUT2D eigenvalue weighted by atomic mass is 9.42. The molecule has 1 N–H and O–H groups in total. The summed E-state index contributed by atoms with van der Waals surface area (Å²) in [5.74, 6) is -1.57. The molecule has 0 radical (unpaired) electrons. The van der Waals surface area contributed by atoms with Crippen molar-refractivity contribution in [1.29, 1.82) is 0 Å². The zero-order valence-corrected chi connectivity index (χ0v) is 56.5. The third kappa shape index (κ3) is 25.1. The van der Waals surface area contributed by atoms with Crippen LogP contribution in [-0.2, 0) is 28.6 Å². The van der Waals surface area contributed by atoms with E-state index in [0.717, 1.165) is 57.8 Å². The summed E-state index contributed by atoms with van der Waals surface area (Å²) in [5, 5.41) is 12.9. The van der Waals surface area contributed by atoms with Gasteiger partial charge in [0.15, 0.2) is 0 Å². The monoisotopic (exact) mass is 1210 g/mol. The lowest BCUT2D eigenvalue weighted by Gasteiger charge is -2.66. The van der Waals surface area contributed by atoms with Crippen molar-refractivity contribution in [1.82, 2.24) is 4.98 Å². The van der Waals surface area contributed by atoms with Crippen LogP contribution < -0.4 is 10.4 Å². The number of carbonyl (C=O) groups is 3. The highest BCUT2D eigenvalue weighted by Gasteiger charge is 2.71. The Hall–Kier alpha value is -3.73. The number of nitrogens with zero attached hydrogens (tertiary/aromatic N) is 1. The van der Waals surface area contributed by atoms with Crippen molar-refractivity contribution in [2.75, 3.05) is 6.61 Å². The fourth-order valence-corrected chi connectivity index (χ4v) is 15.5. The largest absolute Gasteiger partial charge is 0.482 e. The van der Waals surface area contributed by atoms with Gasteiger partial charge in [0.25, 0.3) is 0 Å². The summed E-state index contributed by atoms with van der Waals surface area (Å²) in [4.78, 5) is 60.7. The molecule has 0 bridgehead atoms. The van der Waals surface area contributed by atoms with E-state index in [2.05, 4.69) is 39.6 Å². The number of aliphatic hydroxyl groups is 1. The minimum Gasteiger partial charge on any atom is -0.482 e. The normalized spacial score (nSPS) is 23.1. The van der Waals surface area contributed by atoms with Crippen LogP contribution in [0.3, 0.4) is 0 Å². The summed E-state index contributed by atoms with van der Waals surface area (Å²) in [6.45, 7) is 12.9. The Morgan fingerprint density at radius 2 is 0.943 bits per heavy atom. The molecule has 1 aliphatic heterocycles. The van der Waals surface area contributed by atoms with E-state index in [0.29, 0.717) is 44.1 Å². The molecule has 2 aromatic heterocycles. The molecule has 2 saturated carbocycles. The van der Waals surface area contributed by atoms with Gasteiger partial charge >= 0.3 is 23.5 Å². The topological polar surface area (TPSA) is 151 Å². The summed E-state index contributed by atoms with van der Waals surface area (Å²) in [6.07, 6.45) is 54.0. The minimum absolute atomic E-state index is 0.00516. The van der Waals surface area contributed by atoms with Gasteiger partial charge in [0.1, 0.15) is 41.5 Å². The molecular weight excluding hydrogens is 1090 g/mol. The molecule has 3 heterocycles. The van der Waals surface area contributed by atoms with E-state index in [4.69, 9.17) is 23.4 Å². The van der Waals surface area contributed by atoms with Gasteiger partial charge in [0.05, 0.1) is 6.10 Å². The molecule has 2 aliphatic carbocycles. The SMILES string of the molecule is CCCCCCCCCCCCCCCCC(=O)OC[C@@]1(C)C2C[C@H](OC(=O)CCCCCCCCCCCCCCCC)[C@@]3(C)Oc4cc(-c5cccnc5)oc(=O)c4[C@H](O)C3[C@@]2(C)CC[C@@H]1OC(=O)CCCCCCCCCCCCCCCC. The van der Waals surface area contributed by atoms with Gasteiger partial charge in [-0.1, -0.05) is 285 Å². The van der Waals surface area contributed by atoms with Crippen LogP contribution in [0.2, 0.25) is 0 Å². The van der Waals surface area contributed by atoms with Crippen LogP contribution >= 0.6 is 0 Å². The number of unbranched alkanes of at least 4 members (excludes halogenated alkanes) is 39. The number of pyridine rings is 1. The third-order valence-corrected chi connectivity index (χ3v) is 20.8. The summed E-state index contributed by atoms with van der Waals surface area (Å²) in [5.41, 5.74) is -3.09. The number of rotatable bonds is 50. The van der Waals surface area contributed by atoms with Crippen LogP contribution in [0.5, 0.6) is 5.75 Å². The van der Waals surface area contributed by atoms with Crippen molar-refractivity contribution in [3.05, 3.63) is 46.6 Å². The second kappa shape index (κ2) is 42.4. The third-order valence-electron chi connectivity index (χ3n) is 20.8. The van der Waals surface area contributed by atoms with Crippen molar-refractivity contribution in [3.63, 3.8) is 0 Å². The first-order valence-electron chi connectivity index (χ1n) is 36.8. The van der Waals surface area contributed by atoms with Crippen molar-refractivity contribution >= 4 is 17.9 Å². The Kier molecular flexibility index (Phi) is 36.0. The molecule has 2 aromatic rings. The molecule has 0 spiro atoms. The second-order valence-electron chi connectivity index (χ2n) is 28.1. The molecule has 11 heteroatoms. The summed E-state index contributed by atoms with van der Waals surface area (Å²) in [6, 6.07) is 5.21. The van der Waals surface area contributed by atoms with E-state index in [-0.39, 0.29) is 48.0 Å². The zero-order valence-electron chi connectivity index (χ0n) is 56.5. The summed E-state index contributed by atoms with van der Waals surface area (Å²) < 4.78 is 32.7. The maximum atomic E-state index is 14.3. The number of hydrogen-bond acceptors (Lipinski definition) is 11. The highest BCUT2D eigenvalue weighted by atomic mass is 16.6. The van der Waals surface area contributed by atoms with Gasteiger partial charge in [-0.25, -0.2) is 4.79 Å². The van der Waals surface area contributed by atoms with Crippen LogP contribution in [-0.4, -0.2) is 52.4 Å². The molecule has 8 atom stereocenters. The maximum absolute atomic E-state index is 14.3. The summed E-state index contributed by atoms with van der Waals surface area (Å²) >= 11 is 0.